The number of rotatable bonds is 6. The Labute approximate surface area is 163 Å². The highest BCUT2D eigenvalue weighted by atomic mass is 16.5. The van der Waals surface area contributed by atoms with Crippen molar-refractivity contribution in [2.75, 3.05) is 13.2 Å². The number of nitrogens with zero attached hydrogens (tertiary/aromatic N) is 1. The predicted molar refractivity (Wildman–Crippen MR) is 110 cm³/mol. The summed E-state index contributed by atoms with van der Waals surface area (Å²) in [5.41, 5.74) is 4.48. The van der Waals surface area contributed by atoms with Crippen LogP contribution in [-0.2, 0) is 16.7 Å². The van der Waals surface area contributed by atoms with Gasteiger partial charge in [0.05, 0.1) is 5.60 Å². The molecule has 1 N–H and O–H groups in total. The maximum absolute atomic E-state index is 6.36. The smallest absolute Gasteiger partial charge is 0.0691 e. The molecule has 1 aliphatic carbocycles. The number of nitrogens with one attached hydrogen (secondary N) is 1. The third-order valence-electron chi connectivity index (χ3n) is 6.65. The van der Waals surface area contributed by atoms with Gasteiger partial charge in [0, 0.05) is 31.0 Å². The second-order valence-corrected chi connectivity index (χ2v) is 8.60. The molecule has 0 radical (unpaired) electrons. The van der Waals surface area contributed by atoms with Gasteiger partial charge in [0.25, 0.3) is 0 Å². The lowest BCUT2D eigenvalue weighted by Crippen LogP contribution is -2.47. The molecule has 3 heteroatoms. The fourth-order valence-electron chi connectivity index (χ4n) is 5.25. The van der Waals surface area contributed by atoms with Crippen LogP contribution in [0.3, 0.4) is 0 Å². The molecule has 1 spiro atoms. The Bertz CT molecular complexity index is 739. The third kappa shape index (κ3) is 4.25. The number of aryl methyl sites for hydroxylation is 1. The summed E-state index contributed by atoms with van der Waals surface area (Å²) in [5.74, 6) is 0. The fourth-order valence-corrected chi connectivity index (χ4v) is 5.25. The lowest BCUT2D eigenvalue weighted by atomic mass is 9.66. The van der Waals surface area contributed by atoms with Crippen molar-refractivity contribution in [2.24, 2.45) is 0 Å². The monoisotopic (exact) mass is 364 g/mol. The summed E-state index contributed by atoms with van der Waals surface area (Å²) in [6.07, 6.45) is 12.4. The van der Waals surface area contributed by atoms with Crippen molar-refractivity contribution in [3.05, 3.63) is 65.5 Å². The molecule has 1 aromatic heterocycles. The van der Waals surface area contributed by atoms with E-state index in [1.807, 2.05) is 12.4 Å². The van der Waals surface area contributed by atoms with E-state index in [2.05, 4.69) is 53.6 Å². The van der Waals surface area contributed by atoms with Gasteiger partial charge in [-0.15, -0.1) is 0 Å². The molecule has 1 atom stereocenters. The lowest BCUT2D eigenvalue weighted by Gasteiger charge is -2.47. The minimum absolute atomic E-state index is 0.123. The molecule has 3 nitrogen and oxygen atoms in total. The van der Waals surface area contributed by atoms with E-state index >= 15 is 0 Å². The maximum Gasteiger partial charge on any atom is 0.0691 e. The van der Waals surface area contributed by atoms with E-state index in [1.54, 1.807) is 0 Å². The predicted octanol–water partition coefficient (Wildman–Crippen LogP) is 4.93. The van der Waals surface area contributed by atoms with Gasteiger partial charge < -0.3 is 10.1 Å². The molecular formula is C24H32N2O. The number of benzene rings is 1. The number of ether oxygens (including phenoxy) is 1. The van der Waals surface area contributed by atoms with Crippen molar-refractivity contribution in [3.63, 3.8) is 0 Å². The second kappa shape index (κ2) is 8.12. The highest BCUT2D eigenvalue weighted by Crippen LogP contribution is 2.49. The normalized spacial score (nSPS) is 24.3. The minimum atomic E-state index is 0.123. The Hall–Kier alpha value is -1.71. The summed E-state index contributed by atoms with van der Waals surface area (Å²) in [5, 5.41) is 3.69. The quantitative estimate of drug-likeness (QED) is 0.738. The van der Waals surface area contributed by atoms with Gasteiger partial charge in [-0.2, -0.15) is 0 Å². The Morgan fingerprint density at radius 1 is 1.07 bits per heavy atom. The molecule has 2 aromatic rings. The molecule has 144 valence electrons. The van der Waals surface area contributed by atoms with Gasteiger partial charge in [-0.05, 0) is 68.8 Å². The molecule has 2 fully saturated rings. The van der Waals surface area contributed by atoms with Crippen molar-refractivity contribution in [1.29, 1.82) is 0 Å². The Morgan fingerprint density at radius 2 is 1.89 bits per heavy atom. The van der Waals surface area contributed by atoms with Crippen LogP contribution in [0, 0.1) is 6.92 Å². The van der Waals surface area contributed by atoms with Crippen LogP contribution in [0.5, 0.6) is 0 Å². The summed E-state index contributed by atoms with van der Waals surface area (Å²) in [6, 6.07) is 13.2. The molecule has 4 rings (SSSR count). The zero-order valence-electron chi connectivity index (χ0n) is 16.5. The van der Waals surface area contributed by atoms with Crippen molar-refractivity contribution in [1.82, 2.24) is 10.3 Å². The summed E-state index contributed by atoms with van der Waals surface area (Å²) < 4.78 is 6.36. The molecule has 1 aliphatic heterocycles. The van der Waals surface area contributed by atoms with Crippen LogP contribution in [-0.4, -0.2) is 23.7 Å². The molecule has 0 bridgehead atoms. The van der Waals surface area contributed by atoms with Crippen LogP contribution in [0.15, 0.2) is 48.8 Å². The van der Waals surface area contributed by atoms with E-state index in [1.165, 1.54) is 42.4 Å². The van der Waals surface area contributed by atoms with Crippen LogP contribution in [0.1, 0.15) is 61.6 Å². The summed E-state index contributed by atoms with van der Waals surface area (Å²) >= 11 is 0. The van der Waals surface area contributed by atoms with Crippen LogP contribution < -0.4 is 5.32 Å². The molecular weight excluding hydrogens is 332 g/mol. The van der Waals surface area contributed by atoms with E-state index in [0.717, 1.165) is 39.0 Å². The van der Waals surface area contributed by atoms with Crippen molar-refractivity contribution >= 4 is 0 Å². The average Bonchev–Trinajstić information content (AvgIpc) is 3.13. The first-order valence-electron chi connectivity index (χ1n) is 10.5. The van der Waals surface area contributed by atoms with Gasteiger partial charge in [0.1, 0.15) is 0 Å². The summed E-state index contributed by atoms with van der Waals surface area (Å²) in [7, 11) is 0. The molecule has 1 saturated heterocycles. The second-order valence-electron chi connectivity index (χ2n) is 8.60. The number of hydrogen-bond donors (Lipinski definition) is 1. The molecule has 0 amide bonds. The van der Waals surface area contributed by atoms with Crippen molar-refractivity contribution < 1.29 is 4.74 Å². The Morgan fingerprint density at radius 3 is 2.67 bits per heavy atom. The summed E-state index contributed by atoms with van der Waals surface area (Å²) in [4.78, 5) is 4.26. The zero-order chi connectivity index (χ0) is 18.6. The molecule has 27 heavy (non-hydrogen) atoms. The summed E-state index contributed by atoms with van der Waals surface area (Å²) in [6.45, 7) is 5.02. The SMILES string of the molecule is Cc1cccc(CNCC[C@]2(c3ccncc3)CCOC3(CCCC3)C2)c1. The lowest BCUT2D eigenvalue weighted by molar-refractivity contribution is -0.103. The van der Waals surface area contributed by atoms with E-state index in [-0.39, 0.29) is 11.0 Å². The first-order chi connectivity index (χ1) is 13.2. The third-order valence-corrected chi connectivity index (χ3v) is 6.65. The molecule has 2 heterocycles. The topological polar surface area (TPSA) is 34.2 Å². The highest BCUT2D eigenvalue weighted by Gasteiger charge is 2.47. The van der Waals surface area contributed by atoms with E-state index in [0.29, 0.717) is 0 Å². The first-order valence-corrected chi connectivity index (χ1v) is 10.5. The molecule has 1 saturated carbocycles. The van der Waals surface area contributed by atoms with Gasteiger partial charge in [0.2, 0.25) is 0 Å². The average molecular weight is 365 g/mol. The van der Waals surface area contributed by atoms with Crippen LogP contribution in [0.25, 0.3) is 0 Å². The van der Waals surface area contributed by atoms with Crippen LogP contribution in [0.4, 0.5) is 0 Å². The van der Waals surface area contributed by atoms with Gasteiger partial charge in [0.15, 0.2) is 0 Å². The van der Waals surface area contributed by atoms with Gasteiger partial charge in [-0.1, -0.05) is 42.7 Å². The molecule has 0 unspecified atom stereocenters. The Balaban J connectivity index is 1.45. The van der Waals surface area contributed by atoms with E-state index in [4.69, 9.17) is 4.74 Å². The maximum atomic E-state index is 6.36. The number of hydrogen-bond acceptors (Lipinski definition) is 3. The van der Waals surface area contributed by atoms with Crippen LogP contribution >= 0.6 is 0 Å². The van der Waals surface area contributed by atoms with Crippen molar-refractivity contribution in [3.8, 4) is 0 Å². The van der Waals surface area contributed by atoms with E-state index in [9.17, 15) is 0 Å². The standard InChI is InChI=1S/C24H32N2O/c1-20-5-4-6-21(17-20)18-26-15-11-23(22-7-13-25-14-8-22)12-16-27-24(19-23)9-2-3-10-24/h4-8,13-14,17,26H,2-3,9-12,15-16,18-19H2,1H3/t23-/m0/s1. The fraction of sp³-hybridized carbons (Fsp3) is 0.542. The van der Waals surface area contributed by atoms with E-state index < -0.39 is 0 Å². The first kappa shape index (κ1) is 18.6. The zero-order valence-corrected chi connectivity index (χ0v) is 16.5. The minimum Gasteiger partial charge on any atom is -0.375 e. The highest BCUT2D eigenvalue weighted by molar-refractivity contribution is 5.26. The van der Waals surface area contributed by atoms with Crippen molar-refractivity contribution in [2.45, 2.75) is 69.4 Å². The molecule has 1 aromatic carbocycles. The van der Waals surface area contributed by atoms with Gasteiger partial charge >= 0.3 is 0 Å². The molecule has 2 aliphatic rings. The van der Waals surface area contributed by atoms with Gasteiger partial charge in [-0.25, -0.2) is 0 Å². The van der Waals surface area contributed by atoms with Gasteiger partial charge in [-0.3, -0.25) is 4.98 Å². The number of aromatic nitrogens is 1. The largest absolute Gasteiger partial charge is 0.375 e. The van der Waals surface area contributed by atoms with Crippen LogP contribution in [0.2, 0.25) is 0 Å². The number of pyridine rings is 1. The Kier molecular flexibility index (Phi) is 5.60.